The highest BCUT2D eigenvalue weighted by Gasteiger charge is 2.30. The number of aromatic nitrogens is 1. The van der Waals surface area contributed by atoms with E-state index in [1.165, 1.54) is 24.4 Å². The quantitative estimate of drug-likeness (QED) is 0.496. The Kier molecular flexibility index (Phi) is 6.34. The van der Waals surface area contributed by atoms with Gasteiger partial charge < -0.3 is 5.32 Å². The van der Waals surface area contributed by atoms with Gasteiger partial charge >= 0.3 is 0 Å². The maximum absolute atomic E-state index is 13.2. The molecule has 1 N–H and O–H groups in total. The number of amides is 1. The van der Waals surface area contributed by atoms with Gasteiger partial charge in [-0.2, -0.15) is 0 Å². The molecular weight excluding hydrogens is 371 g/mol. The molecule has 148 valence electrons. The van der Waals surface area contributed by atoms with Crippen molar-refractivity contribution in [2.24, 2.45) is 0 Å². The molecule has 6 heteroatoms. The molecule has 3 aromatic rings. The first-order valence-electron chi connectivity index (χ1n) is 9.26. The maximum atomic E-state index is 13.2. The number of carbonyl (C=O) groups excluding carboxylic acids is 2. The van der Waals surface area contributed by atoms with E-state index in [4.69, 9.17) is 0 Å². The van der Waals surface area contributed by atoms with Crippen LogP contribution in [0.15, 0.2) is 77.7 Å². The Morgan fingerprint density at radius 3 is 2.38 bits per heavy atom. The number of hydrogen-bond acceptors (Lipinski definition) is 3. The molecule has 1 amide bonds. The SMILES string of the molecule is Cc1ccc(=O)n(C(C(=O)NCCc2ccccc2)C(=O)c2ccc(F)cc2)c1. The molecule has 0 aliphatic heterocycles. The molecule has 2 aromatic carbocycles. The number of nitrogens with one attached hydrogen (secondary N) is 1. The zero-order valence-corrected chi connectivity index (χ0v) is 16.0. The number of ketones is 1. The molecule has 0 saturated heterocycles. The Hall–Kier alpha value is -3.54. The highest BCUT2D eigenvalue weighted by atomic mass is 19.1. The summed E-state index contributed by atoms with van der Waals surface area (Å²) in [7, 11) is 0. The number of nitrogens with zero attached hydrogens (tertiary/aromatic N) is 1. The second kappa shape index (κ2) is 9.10. The van der Waals surface area contributed by atoms with Crippen molar-refractivity contribution in [1.29, 1.82) is 0 Å². The number of aryl methyl sites for hydroxylation is 1. The molecule has 0 spiro atoms. The van der Waals surface area contributed by atoms with Gasteiger partial charge in [-0.1, -0.05) is 36.4 Å². The summed E-state index contributed by atoms with van der Waals surface area (Å²) in [6.45, 7) is 2.08. The van der Waals surface area contributed by atoms with Gasteiger partial charge in [0.2, 0.25) is 0 Å². The molecule has 5 nitrogen and oxygen atoms in total. The highest BCUT2D eigenvalue weighted by molar-refractivity contribution is 6.11. The zero-order chi connectivity index (χ0) is 20.8. The van der Waals surface area contributed by atoms with Crippen LogP contribution in [0, 0.1) is 12.7 Å². The largest absolute Gasteiger partial charge is 0.354 e. The number of pyridine rings is 1. The minimum absolute atomic E-state index is 0.156. The fourth-order valence-corrected chi connectivity index (χ4v) is 3.03. The minimum atomic E-state index is -1.37. The maximum Gasteiger partial charge on any atom is 0.251 e. The smallest absolute Gasteiger partial charge is 0.251 e. The Bertz CT molecular complexity index is 1060. The second-order valence-electron chi connectivity index (χ2n) is 6.75. The molecule has 1 unspecified atom stereocenters. The van der Waals surface area contributed by atoms with E-state index in [2.05, 4.69) is 5.32 Å². The number of halogens is 1. The average Bonchev–Trinajstić information content (AvgIpc) is 2.72. The third-order valence-corrected chi connectivity index (χ3v) is 4.55. The molecule has 0 aliphatic carbocycles. The number of rotatable bonds is 7. The van der Waals surface area contributed by atoms with E-state index >= 15 is 0 Å². The van der Waals surface area contributed by atoms with Gasteiger partial charge in [-0.3, -0.25) is 19.0 Å². The van der Waals surface area contributed by atoms with Crippen molar-refractivity contribution in [2.75, 3.05) is 6.54 Å². The van der Waals surface area contributed by atoms with Gasteiger partial charge in [0, 0.05) is 24.4 Å². The second-order valence-corrected chi connectivity index (χ2v) is 6.75. The molecule has 1 aromatic heterocycles. The average molecular weight is 392 g/mol. The summed E-state index contributed by atoms with van der Waals surface area (Å²) in [5.74, 6) is -1.64. The Labute approximate surface area is 167 Å². The molecule has 0 fully saturated rings. The summed E-state index contributed by atoms with van der Waals surface area (Å²) >= 11 is 0. The van der Waals surface area contributed by atoms with Crippen molar-refractivity contribution in [2.45, 2.75) is 19.4 Å². The third kappa shape index (κ3) is 5.04. The van der Waals surface area contributed by atoms with Gasteiger partial charge in [0.05, 0.1) is 0 Å². The lowest BCUT2D eigenvalue weighted by Crippen LogP contribution is -2.42. The van der Waals surface area contributed by atoms with E-state index in [1.54, 1.807) is 13.0 Å². The van der Waals surface area contributed by atoms with Crippen LogP contribution in [0.3, 0.4) is 0 Å². The van der Waals surface area contributed by atoms with Gasteiger partial charge in [0.15, 0.2) is 11.8 Å². The van der Waals surface area contributed by atoms with E-state index in [0.29, 0.717) is 13.0 Å². The van der Waals surface area contributed by atoms with Crippen molar-refractivity contribution in [1.82, 2.24) is 9.88 Å². The van der Waals surface area contributed by atoms with Gasteiger partial charge in [-0.25, -0.2) is 4.39 Å². The number of carbonyl (C=O) groups is 2. The van der Waals surface area contributed by atoms with Crippen LogP contribution in [0.4, 0.5) is 4.39 Å². The number of benzene rings is 2. The number of hydrogen-bond donors (Lipinski definition) is 1. The summed E-state index contributed by atoms with van der Waals surface area (Å²) in [6.07, 6.45) is 2.07. The predicted molar refractivity (Wildman–Crippen MR) is 108 cm³/mol. The normalized spacial score (nSPS) is 11.7. The topological polar surface area (TPSA) is 68.2 Å². The monoisotopic (exact) mass is 392 g/mol. The molecule has 0 saturated carbocycles. The van der Waals surface area contributed by atoms with Crippen LogP contribution in [-0.4, -0.2) is 22.8 Å². The summed E-state index contributed by atoms with van der Waals surface area (Å²) in [4.78, 5) is 38.3. The first kappa shape index (κ1) is 20.2. The third-order valence-electron chi connectivity index (χ3n) is 4.55. The van der Waals surface area contributed by atoms with Crippen LogP contribution < -0.4 is 10.9 Å². The lowest BCUT2D eigenvalue weighted by atomic mass is 10.0. The van der Waals surface area contributed by atoms with Crippen LogP contribution in [0.2, 0.25) is 0 Å². The van der Waals surface area contributed by atoms with E-state index < -0.39 is 29.1 Å². The molecule has 29 heavy (non-hydrogen) atoms. The summed E-state index contributed by atoms with van der Waals surface area (Å²) in [6, 6.07) is 16.1. The molecule has 1 atom stereocenters. The van der Waals surface area contributed by atoms with Gasteiger partial charge in [0.25, 0.3) is 11.5 Å². The van der Waals surface area contributed by atoms with Crippen molar-refractivity contribution in [3.05, 3.63) is 106 Å². The van der Waals surface area contributed by atoms with Crippen molar-refractivity contribution in [3.63, 3.8) is 0 Å². The highest BCUT2D eigenvalue weighted by Crippen LogP contribution is 2.15. The zero-order valence-electron chi connectivity index (χ0n) is 16.0. The van der Waals surface area contributed by atoms with Crippen molar-refractivity contribution >= 4 is 11.7 Å². The summed E-state index contributed by atoms with van der Waals surface area (Å²) in [5, 5.41) is 2.74. The van der Waals surface area contributed by atoms with Crippen LogP contribution >= 0.6 is 0 Å². The lowest BCUT2D eigenvalue weighted by molar-refractivity contribution is -0.123. The van der Waals surface area contributed by atoms with Gasteiger partial charge in [-0.15, -0.1) is 0 Å². The Morgan fingerprint density at radius 2 is 1.69 bits per heavy atom. The van der Waals surface area contributed by atoms with Crippen LogP contribution in [0.5, 0.6) is 0 Å². The molecule has 1 heterocycles. The predicted octanol–water partition coefficient (Wildman–Crippen LogP) is 3.08. The molecular formula is C23H21FN2O3. The van der Waals surface area contributed by atoms with E-state index in [1.807, 2.05) is 30.3 Å². The summed E-state index contributed by atoms with van der Waals surface area (Å²) < 4.78 is 14.4. The molecule has 0 radical (unpaired) electrons. The van der Waals surface area contributed by atoms with Crippen LogP contribution in [0.25, 0.3) is 0 Å². The summed E-state index contributed by atoms with van der Waals surface area (Å²) in [5.41, 5.74) is 1.47. The van der Waals surface area contributed by atoms with E-state index in [9.17, 15) is 18.8 Å². The fraction of sp³-hybridized carbons (Fsp3) is 0.174. The molecule has 3 rings (SSSR count). The standard InChI is InChI=1S/C23H21FN2O3/c1-16-7-12-20(27)26(15-16)21(22(28)18-8-10-19(24)11-9-18)23(29)25-14-13-17-5-3-2-4-6-17/h2-12,15,21H,13-14H2,1H3,(H,25,29). The van der Waals surface area contributed by atoms with Gasteiger partial charge in [0.1, 0.15) is 5.82 Å². The van der Waals surface area contributed by atoms with Crippen LogP contribution in [0.1, 0.15) is 27.5 Å². The van der Waals surface area contributed by atoms with Gasteiger partial charge in [-0.05, 0) is 48.7 Å². The van der Waals surface area contributed by atoms with Crippen molar-refractivity contribution in [3.8, 4) is 0 Å². The fourth-order valence-electron chi connectivity index (χ4n) is 3.03. The van der Waals surface area contributed by atoms with Crippen LogP contribution in [-0.2, 0) is 11.2 Å². The molecule has 0 aliphatic rings. The Morgan fingerprint density at radius 1 is 1.00 bits per heavy atom. The first-order chi connectivity index (χ1) is 14.0. The first-order valence-corrected chi connectivity index (χ1v) is 9.26. The van der Waals surface area contributed by atoms with E-state index in [0.717, 1.165) is 27.8 Å². The van der Waals surface area contributed by atoms with Crippen molar-refractivity contribution < 1.29 is 14.0 Å². The Balaban J connectivity index is 1.86. The lowest BCUT2D eigenvalue weighted by Gasteiger charge is -2.19. The minimum Gasteiger partial charge on any atom is -0.354 e. The van der Waals surface area contributed by atoms with E-state index in [-0.39, 0.29) is 5.56 Å². The molecule has 0 bridgehead atoms. The number of Topliss-reactive ketones (excluding diaryl/α,β-unsaturated/α-hetero) is 1.